The van der Waals surface area contributed by atoms with Gasteiger partial charge in [0.2, 0.25) is 0 Å². The zero-order valence-electron chi connectivity index (χ0n) is 12.1. The number of nitrogens with one attached hydrogen (secondary N) is 1. The van der Waals surface area contributed by atoms with E-state index in [0.717, 1.165) is 22.4 Å². The predicted molar refractivity (Wildman–Crippen MR) is 80.5 cm³/mol. The second-order valence-electron chi connectivity index (χ2n) is 5.36. The van der Waals surface area contributed by atoms with Crippen molar-refractivity contribution >= 4 is 5.57 Å². The first kappa shape index (κ1) is 14.0. The highest BCUT2D eigenvalue weighted by Gasteiger charge is 2.57. The summed E-state index contributed by atoms with van der Waals surface area (Å²) >= 11 is 0. The molecule has 3 rings (SSSR count). The number of benzene rings is 1. The van der Waals surface area contributed by atoms with E-state index in [1.54, 1.807) is 0 Å². The highest BCUT2D eigenvalue weighted by atomic mass is 19.3. The zero-order valence-corrected chi connectivity index (χ0v) is 12.1. The third kappa shape index (κ3) is 2.63. The molecule has 2 aliphatic rings. The van der Waals surface area contributed by atoms with Gasteiger partial charge < -0.3 is 0 Å². The second-order valence-corrected chi connectivity index (χ2v) is 5.36. The van der Waals surface area contributed by atoms with Crippen molar-refractivity contribution in [2.75, 3.05) is 7.05 Å². The van der Waals surface area contributed by atoms with Crippen LogP contribution >= 0.6 is 0 Å². The number of rotatable bonds is 3. The minimum atomic E-state index is -2.50. The molecule has 0 aromatic heterocycles. The molecule has 110 valence electrons. The molecular formula is C17H18F2N2. The summed E-state index contributed by atoms with van der Waals surface area (Å²) in [7, 11) is 1.86. The molecule has 2 nitrogen and oxygen atoms in total. The molecule has 1 aromatic rings. The largest absolute Gasteiger partial charge is 0.285 e. The lowest BCUT2D eigenvalue weighted by Gasteiger charge is -2.24. The van der Waals surface area contributed by atoms with Gasteiger partial charge in [0.05, 0.1) is 11.6 Å². The molecule has 1 fully saturated rings. The van der Waals surface area contributed by atoms with E-state index in [1.165, 1.54) is 0 Å². The van der Waals surface area contributed by atoms with Crippen LogP contribution in [0.3, 0.4) is 0 Å². The summed E-state index contributed by atoms with van der Waals surface area (Å²) in [5, 5.41) is 1.92. The maximum absolute atomic E-state index is 13.1. The average Bonchev–Trinajstić information content (AvgIpc) is 3.15. The van der Waals surface area contributed by atoms with Gasteiger partial charge in [-0.05, 0) is 35.8 Å². The summed E-state index contributed by atoms with van der Waals surface area (Å²) in [5.74, 6) is -3.09. The fraction of sp³-hybridized carbons (Fsp3) is 0.294. The number of halogens is 2. The van der Waals surface area contributed by atoms with Crippen LogP contribution in [0.4, 0.5) is 8.78 Å². The van der Waals surface area contributed by atoms with Gasteiger partial charge in [0.15, 0.2) is 0 Å². The molecule has 1 saturated carbocycles. The number of hydrogen-bond acceptors (Lipinski definition) is 2. The third-order valence-electron chi connectivity index (χ3n) is 3.99. The van der Waals surface area contributed by atoms with Crippen LogP contribution in [-0.2, 0) is 0 Å². The third-order valence-corrected chi connectivity index (χ3v) is 3.99. The minimum Gasteiger partial charge on any atom is -0.285 e. The molecule has 1 unspecified atom stereocenters. The molecule has 0 radical (unpaired) electrons. The van der Waals surface area contributed by atoms with Gasteiger partial charge >= 0.3 is 0 Å². The van der Waals surface area contributed by atoms with Gasteiger partial charge in [-0.3, -0.25) is 5.01 Å². The summed E-state index contributed by atoms with van der Waals surface area (Å²) < 4.78 is 26.1. The van der Waals surface area contributed by atoms with Gasteiger partial charge in [-0.2, -0.15) is 0 Å². The van der Waals surface area contributed by atoms with Crippen molar-refractivity contribution in [1.82, 2.24) is 10.4 Å². The second kappa shape index (κ2) is 5.11. The maximum atomic E-state index is 13.1. The molecule has 1 aromatic carbocycles. The number of allylic oxidation sites excluding steroid dienone is 4. The summed E-state index contributed by atoms with van der Waals surface area (Å²) in [5.41, 5.74) is 6.96. The Bertz CT molecular complexity index is 627. The van der Waals surface area contributed by atoms with Crippen molar-refractivity contribution < 1.29 is 8.78 Å². The first-order valence-corrected chi connectivity index (χ1v) is 7.06. The summed E-state index contributed by atoms with van der Waals surface area (Å²) in [6.07, 6.45) is 8.02. The zero-order chi connectivity index (χ0) is 15.0. The fourth-order valence-corrected chi connectivity index (χ4v) is 2.61. The van der Waals surface area contributed by atoms with E-state index < -0.39 is 11.8 Å². The molecule has 0 spiro atoms. The Balaban J connectivity index is 1.82. The van der Waals surface area contributed by atoms with E-state index in [4.69, 9.17) is 0 Å². The monoisotopic (exact) mass is 288 g/mol. The summed E-state index contributed by atoms with van der Waals surface area (Å²) in [4.78, 5) is 0. The predicted octanol–water partition coefficient (Wildman–Crippen LogP) is 4.06. The summed E-state index contributed by atoms with van der Waals surface area (Å²) in [6.45, 7) is 1.98. The minimum absolute atomic E-state index is 0.0191. The van der Waals surface area contributed by atoms with Gasteiger partial charge in [0.25, 0.3) is 5.92 Å². The molecule has 4 heteroatoms. The molecule has 1 aliphatic heterocycles. The fourth-order valence-electron chi connectivity index (χ4n) is 2.61. The smallest absolute Gasteiger partial charge is 0.255 e. The topological polar surface area (TPSA) is 15.3 Å². The van der Waals surface area contributed by atoms with Crippen molar-refractivity contribution in [2.45, 2.75) is 25.2 Å². The van der Waals surface area contributed by atoms with Gasteiger partial charge in [-0.15, -0.1) is 0 Å². The molecule has 1 N–H and O–H groups in total. The normalized spacial score (nSPS) is 25.1. The maximum Gasteiger partial charge on any atom is 0.255 e. The quantitative estimate of drug-likeness (QED) is 0.902. The first-order valence-electron chi connectivity index (χ1n) is 7.06. The number of alkyl halides is 2. The van der Waals surface area contributed by atoms with Crippen LogP contribution in [0.2, 0.25) is 0 Å². The van der Waals surface area contributed by atoms with Gasteiger partial charge in [0.1, 0.15) is 0 Å². The average molecular weight is 288 g/mol. The van der Waals surface area contributed by atoms with E-state index in [1.807, 2.05) is 61.6 Å². The molecule has 1 aliphatic carbocycles. The molecular weight excluding hydrogens is 270 g/mol. The molecule has 0 bridgehead atoms. The Kier molecular flexibility index (Phi) is 3.41. The Morgan fingerprint density at radius 2 is 1.95 bits per heavy atom. The van der Waals surface area contributed by atoms with E-state index in [9.17, 15) is 8.78 Å². The van der Waals surface area contributed by atoms with Gasteiger partial charge in [0, 0.05) is 19.7 Å². The lowest BCUT2D eigenvalue weighted by atomic mass is 10.00. The van der Waals surface area contributed by atoms with Crippen molar-refractivity contribution in [1.29, 1.82) is 0 Å². The van der Waals surface area contributed by atoms with E-state index in [0.29, 0.717) is 0 Å². The van der Waals surface area contributed by atoms with E-state index in [-0.39, 0.29) is 6.42 Å². The molecule has 21 heavy (non-hydrogen) atoms. The lowest BCUT2D eigenvalue weighted by molar-refractivity contribution is 0.112. The first-order chi connectivity index (χ1) is 10.0. The number of hydrogen-bond donors (Lipinski definition) is 1. The van der Waals surface area contributed by atoms with E-state index in [2.05, 4.69) is 11.5 Å². The SMILES string of the molecule is C/C=C1/C=C(c2ccc(C3CC3(F)F)cc2)C=CN1NC. The van der Waals surface area contributed by atoms with Crippen LogP contribution in [0.15, 0.2) is 54.4 Å². The van der Waals surface area contributed by atoms with Crippen LogP contribution in [0.1, 0.15) is 30.4 Å². The highest BCUT2D eigenvalue weighted by molar-refractivity contribution is 5.77. The number of hydrazine groups is 1. The Morgan fingerprint density at radius 1 is 1.29 bits per heavy atom. The highest BCUT2D eigenvalue weighted by Crippen LogP contribution is 2.55. The van der Waals surface area contributed by atoms with Gasteiger partial charge in [-0.25, -0.2) is 14.2 Å². The van der Waals surface area contributed by atoms with Crippen LogP contribution < -0.4 is 5.43 Å². The Hall–Kier alpha value is -1.94. The van der Waals surface area contributed by atoms with Crippen molar-refractivity contribution in [2.24, 2.45) is 0 Å². The number of nitrogens with zero attached hydrogens (tertiary/aromatic N) is 1. The van der Waals surface area contributed by atoms with Crippen LogP contribution in [0.5, 0.6) is 0 Å². The van der Waals surface area contributed by atoms with Crippen molar-refractivity contribution in [3.05, 3.63) is 65.5 Å². The van der Waals surface area contributed by atoms with Crippen LogP contribution in [0.25, 0.3) is 5.57 Å². The van der Waals surface area contributed by atoms with Gasteiger partial charge in [-0.1, -0.05) is 30.3 Å². The molecule has 0 amide bonds. The van der Waals surface area contributed by atoms with Crippen molar-refractivity contribution in [3.8, 4) is 0 Å². The molecule has 1 heterocycles. The Morgan fingerprint density at radius 3 is 2.48 bits per heavy atom. The van der Waals surface area contributed by atoms with Crippen molar-refractivity contribution in [3.63, 3.8) is 0 Å². The standard InChI is InChI=1S/C17H18F2N2/c1-3-15-10-14(8-9-21(15)20-2)12-4-6-13(7-5-12)16-11-17(16,18)19/h3-10,16,20H,11H2,1-2H3/b15-3-. The van der Waals surface area contributed by atoms with Crippen LogP contribution in [-0.4, -0.2) is 18.0 Å². The lowest BCUT2D eigenvalue weighted by Crippen LogP contribution is -2.29. The van der Waals surface area contributed by atoms with Crippen LogP contribution in [0, 0.1) is 0 Å². The Labute approximate surface area is 123 Å². The summed E-state index contributed by atoms with van der Waals surface area (Å²) in [6, 6.07) is 7.47. The molecule has 1 atom stereocenters. The molecule has 0 saturated heterocycles. The van der Waals surface area contributed by atoms with E-state index >= 15 is 0 Å².